The Morgan fingerprint density at radius 2 is 1.89 bits per heavy atom. The first-order chi connectivity index (χ1) is 9.19. The van der Waals surface area contributed by atoms with Gasteiger partial charge in [-0.2, -0.15) is 5.26 Å². The quantitative estimate of drug-likeness (QED) is 0.762. The highest BCUT2D eigenvalue weighted by Gasteiger charge is 2.40. The first-order valence-corrected chi connectivity index (χ1v) is 7.08. The Morgan fingerprint density at radius 3 is 2.47 bits per heavy atom. The van der Waals surface area contributed by atoms with E-state index >= 15 is 0 Å². The molecule has 0 aromatic rings. The lowest BCUT2D eigenvalue weighted by molar-refractivity contribution is -0.134. The van der Waals surface area contributed by atoms with Gasteiger partial charge < -0.3 is 10.6 Å². The van der Waals surface area contributed by atoms with Gasteiger partial charge in [0.25, 0.3) is 0 Å². The fourth-order valence-corrected chi connectivity index (χ4v) is 3.24. The van der Waals surface area contributed by atoms with E-state index in [-0.39, 0.29) is 23.9 Å². The molecular formula is C15H21N3O. The Morgan fingerprint density at radius 1 is 1.26 bits per heavy atom. The van der Waals surface area contributed by atoms with Gasteiger partial charge in [-0.15, -0.1) is 5.92 Å². The first kappa shape index (κ1) is 13.9. The molecule has 4 nitrogen and oxygen atoms in total. The molecule has 2 N–H and O–H groups in total. The summed E-state index contributed by atoms with van der Waals surface area (Å²) in [7, 11) is 0. The normalized spacial score (nSPS) is 28.6. The van der Waals surface area contributed by atoms with Gasteiger partial charge in [-0.1, -0.05) is 18.8 Å². The van der Waals surface area contributed by atoms with E-state index in [2.05, 4.69) is 17.9 Å². The van der Waals surface area contributed by atoms with Crippen LogP contribution in [0.1, 0.15) is 45.4 Å². The largest absolute Gasteiger partial charge is 0.320 e. The molecule has 1 amide bonds. The predicted molar refractivity (Wildman–Crippen MR) is 72.7 cm³/mol. The molecule has 4 heteroatoms. The topological polar surface area (TPSA) is 70.1 Å². The molecule has 1 saturated heterocycles. The Bertz CT molecular complexity index is 437. The minimum absolute atomic E-state index is 0.0799. The summed E-state index contributed by atoms with van der Waals surface area (Å²) in [6.07, 6.45) is 5.86. The van der Waals surface area contributed by atoms with Gasteiger partial charge in [0, 0.05) is 0 Å². The first-order valence-electron chi connectivity index (χ1n) is 7.08. The SMILES string of the molecule is CC#CC1CCC(C#N)N1C(=O)[C@H](N)C1CCCC1. The molecule has 1 saturated carbocycles. The van der Waals surface area contributed by atoms with Crippen molar-refractivity contribution in [3.05, 3.63) is 0 Å². The number of likely N-dealkylation sites (tertiary alicyclic amines) is 1. The van der Waals surface area contributed by atoms with Gasteiger partial charge in [-0.05, 0) is 38.5 Å². The third kappa shape index (κ3) is 2.74. The molecule has 1 aliphatic heterocycles. The second-order valence-electron chi connectivity index (χ2n) is 5.45. The Hall–Kier alpha value is -1.52. The Kier molecular flexibility index (Phi) is 4.45. The lowest BCUT2D eigenvalue weighted by Gasteiger charge is -2.29. The van der Waals surface area contributed by atoms with Crippen molar-refractivity contribution in [3.63, 3.8) is 0 Å². The second-order valence-corrected chi connectivity index (χ2v) is 5.45. The molecule has 2 rings (SSSR count). The number of amides is 1. The van der Waals surface area contributed by atoms with Gasteiger partial charge in [0.05, 0.1) is 18.2 Å². The van der Waals surface area contributed by atoms with E-state index in [1.165, 1.54) is 0 Å². The molecule has 0 aromatic carbocycles. The Balaban J connectivity index is 2.13. The third-order valence-electron chi connectivity index (χ3n) is 4.29. The summed E-state index contributed by atoms with van der Waals surface area (Å²) >= 11 is 0. The second kappa shape index (κ2) is 6.08. The van der Waals surface area contributed by atoms with Crippen LogP contribution in [0.2, 0.25) is 0 Å². The minimum atomic E-state index is -0.461. The molecule has 19 heavy (non-hydrogen) atoms. The molecule has 2 fully saturated rings. The molecule has 1 heterocycles. The van der Waals surface area contributed by atoms with Crippen molar-refractivity contribution in [2.75, 3.05) is 0 Å². The van der Waals surface area contributed by atoms with Crippen molar-refractivity contribution in [2.45, 2.75) is 63.6 Å². The summed E-state index contributed by atoms with van der Waals surface area (Å²) in [5, 5.41) is 9.19. The average Bonchev–Trinajstić information content (AvgIpc) is 3.06. The lowest BCUT2D eigenvalue weighted by Crippen LogP contribution is -2.51. The highest BCUT2D eigenvalue weighted by atomic mass is 16.2. The average molecular weight is 259 g/mol. The van der Waals surface area contributed by atoms with E-state index in [0.717, 1.165) is 32.1 Å². The summed E-state index contributed by atoms with van der Waals surface area (Å²) in [4.78, 5) is 14.2. The van der Waals surface area contributed by atoms with Crippen molar-refractivity contribution in [1.29, 1.82) is 5.26 Å². The number of carbonyl (C=O) groups excluding carboxylic acids is 1. The zero-order valence-corrected chi connectivity index (χ0v) is 11.4. The van der Waals surface area contributed by atoms with E-state index in [0.29, 0.717) is 6.42 Å². The van der Waals surface area contributed by atoms with Crippen LogP contribution in [-0.4, -0.2) is 28.9 Å². The maximum absolute atomic E-state index is 12.6. The van der Waals surface area contributed by atoms with Crippen LogP contribution in [0.5, 0.6) is 0 Å². The van der Waals surface area contributed by atoms with Gasteiger partial charge >= 0.3 is 0 Å². The maximum atomic E-state index is 12.6. The van der Waals surface area contributed by atoms with Gasteiger partial charge in [-0.25, -0.2) is 0 Å². The van der Waals surface area contributed by atoms with Crippen molar-refractivity contribution >= 4 is 5.91 Å². The number of hydrogen-bond acceptors (Lipinski definition) is 3. The molecule has 0 bridgehead atoms. The standard InChI is InChI=1S/C15H21N3O/c1-2-5-12-8-9-13(10-16)18(12)15(19)14(17)11-6-3-4-7-11/h11-14H,3-4,6-9,17H2,1H3/t12?,13?,14-/m1/s1. The van der Waals surface area contributed by atoms with Crippen LogP contribution in [0, 0.1) is 29.1 Å². The summed E-state index contributed by atoms with van der Waals surface area (Å²) < 4.78 is 0. The fourth-order valence-electron chi connectivity index (χ4n) is 3.24. The van der Waals surface area contributed by atoms with E-state index in [1.54, 1.807) is 11.8 Å². The van der Waals surface area contributed by atoms with Gasteiger partial charge in [0.1, 0.15) is 6.04 Å². The van der Waals surface area contributed by atoms with Gasteiger partial charge in [-0.3, -0.25) is 4.79 Å². The van der Waals surface area contributed by atoms with E-state index in [9.17, 15) is 10.1 Å². The number of nitriles is 1. The maximum Gasteiger partial charge on any atom is 0.241 e. The summed E-state index contributed by atoms with van der Waals surface area (Å²) in [5.41, 5.74) is 6.13. The van der Waals surface area contributed by atoms with Crippen LogP contribution in [-0.2, 0) is 4.79 Å². The molecule has 102 valence electrons. The number of nitrogens with zero attached hydrogens (tertiary/aromatic N) is 2. The fraction of sp³-hybridized carbons (Fsp3) is 0.733. The number of rotatable bonds is 2. The summed E-state index contributed by atoms with van der Waals surface area (Å²) in [6.45, 7) is 1.76. The Labute approximate surface area is 114 Å². The minimum Gasteiger partial charge on any atom is -0.320 e. The molecule has 0 aromatic heterocycles. The zero-order chi connectivity index (χ0) is 13.8. The molecule has 0 spiro atoms. The molecular weight excluding hydrogens is 238 g/mol. The van der Waals surface area contributed by atoms with E-state index < -0.39 is 6.04 Å². The van der Waals surface area contributed by atoms with Crippen molar-refractivity contribution in [2.24, 2.45) is 11.7 Å². The molecule has 2 aliphatic rings. The van der Waals surface area contributed by atoms with Crippen LogP contribution >= 0.6 is 0 Å². The smallest absolute Gasteiger partial charge is 0.241 e. The highest BCUT2D eigenvalue weighted by Crippen LogP contribution is 2.30. The highest BCUT2D eigenvalue weighted by molar-refractivity contribution is 5.83. The van der Waals surface area contributed by atoms with E-state index in [1.807, 2.05) is 0 Å². The monoisotopic (exact) mass is 259 g/mol. The van der Waals surface area contributed by atoms with Crippen molar-refractivity contribution < 1.29 is 4.79 Å². The molecule has 0 radical (unpaired) electrons. The van der Waals surface area contributed by atoms with Gasteiger partial charge in [0.2, 0.25) is 5.91 Å². The molecule has 2 unspecified atom stereocenters. The summed E-state index contributed by atoms with van der Waals surface area (Å²) in [6, 6.07) is 1.26. The van der Waals surface area contributed by atoms with Gasteiger partial charge in [0.15, 0.2) is 0 Å². The van der Waals surface area contributed by atoms with Crippen LogP contribution in [0.3, 0.4) is 0 Å². The van der Waals surface area contributed by atoms with Crippen LogP contribution < -0.4 is 5.73 Å². The number of nitrogens with two attached hydrogens (primary N) is 1. The van der Waals surface area contributed by atoms with E-state index in [4.69, 9.17) is 5.73 Å². The molecule has 3 atom stereocenters. The molecule has 1 aliphatic carbocycles. The van der Waals surface area contributed by atoms with Crippen LogP contribution in [0.4, 0.5) is 0 Å². The lowest BCUT2D eigenvalue weighted by atomic mass is 9.97. The van der Waals surface area contributed by atoms with Crippen LogP contribution in [0.15, 0.2) is 0 Å². The van der Waals surface area contributed by atoms with Crippen molar-refractivity contribution in [3.8, 4) is 17.9 Å². The van der Waals surface area contributed by atoms with Crippen LogP contribution in [0.25, 0.3) is 0 Å². The number of carbonyl (C=O) groups is 1. The zero-order valence-electron chi connectivity index (χ0n) is 11.4. The number of hydrogen-bond donors (Lipinski definition) is 1. The van der Waals surface area contributed by atoms with Crippen molar-refractivity contribution in [1.82, 2.24) is 4.90 Å². The predicted octanol–water partition coefficient (Wildman–Crippen LogP) is 1.41. The summed E-state index contributed by atoms with van der Waals surface area (Å²) in [5.74, 6) is 6.09. The third-order valence-corrected chi connectivity index (χ3v) is 4.29.